The van der Waals surface area contributed by atoms with E-state index in [-0.39, 0.29) is 0 Å². The Labute approximate surface area is 171 Å². The average molecular weight is 388 g/mol. The fourth-order valence-electron chi connectivity index (χ4n) is 5.02. The van der Waals surface area contributed by atoms with Gasteiger partial charge in [0.1, 0.15) is 23.2 Å². The summed E-state index contributed by atoms with van der Waals surface area (Å²) in [6.45, 7) is 2.36. The van der Waals surface area contributed by atoms with Crippen LogP contribution in [0.2, 0.25) is 0 Å². The molecule has 0 radical (unpaired) electrons. The van der Waals surface area contributed by atoms with Crippen molar-refractivity contribution in [1.29, 1.82) is 0 Å². The van der Waals surface area contributed by atoms with Crippen LogP contribution in [0.4, 0.5) is 0 Å². The average Bonchev–Trinajstić information content (AvgIpc) is 2.80. The highest BCUT2D eigenvalue weighted by Crippen LogP contribution is 2.58. The van der Waals surface area contributed by atoms with Crippen molar-refractivity contribution >= 4 is 23.2 Å². The van der Waals surface area contributed by atoms with Crippen LogP contribution < -0.4 is 15.9 Å². The van der Waals surface area contributed by atoms with Gasteiger partial charge in [-0.25, -0.2) is 0 Å². The van der Waals surface area contributed by atoms with Gasteiger partial charge in [0.2, 0.25) is 0 Å². The summed E-state index contributed by atoms with van der Waals surface area (Å²) in [6.07, 6.45) is 8.28. The van der Waals surface area contributed by atoms with E-state index < -0.39 is 7.26 Å². The molecule has 144 valence electrons. The molecule has 4 rings (SSSR count). The molecule has 3 aromatic carbocycles. The summed E-state index contributed by atoms with van der Waals surface area (Å²) in [4.78, 5) is 0. The molecule has 0 amide bonds. The van der Waals surface area contributed by atoms with Crippen molar-refractivity contribution in [3.63, 3.8) is 0 Å². The number of hydrogen-bond acceptors (Lipinski definition) is 0. The van der Waals surface area contributed by atoms with E-state index in [1.807, 2.05) is 0 Å². The molecule has 0 bridgehead atoms. The summed E-state index contributed by atoms with van der Waals surface area (Å²) in [5.41, 5.74) is 0. The molecule has 0 spiro atoms. The van der Waals surface area contributed by atoms with Crippen LogP contribution in [0.5, 0.6) is 0 Å². The number of benzene rings is 3. The maximum Gasteiger partial charge on any atom is 0.112 e. The Bertz CT molecular complexity index is 737. The lowest BCUT2D eigenvalue weighted by Gasteiger charge is -2.34. The van der Waals surface area contributed by atoms with Gasteiger partial charge >= 0.3 is 0 Å². The van der Waals surface area contributed by atoms with Gasteiger partial charge in [0, 0.05) is 0 Å². The van der Waals surface area contributed by atoms with Crippen LogP contribution in [0.15, 0.2) is 91.0 Å². The predicted octanol–water partition coefficient (Wildman–Crippen LogP) is 6.20. The van der Waals surface area contributed by atoms with Crippen molar-refractivity contribution in [2.24, 2.45) is 11.8 Å². The van der Waals surface area contributed by atoms with Gasteiger partial charge in [0.15, 0.2) is 0 Å². The molecule has 1 fully saturated rings. The van der Waals surface area contributed by atoms with Crippen molar-refractivity contribution in [3.05, 3.63) is 91.0 Å². The molecule has 3 aromatic rings. The van der Waals surface area contributed by atoms with Crippen LogP contribution in [-0.2, 0) is 0 Å². The zero-order valence-corrected chi connectivity index (χ0v) is 17.9. The lowest BCUT2D eigenvalue weighted by atomic mass is 9.82. The van der Waals surface area contributed by atoms with Crippen LogP contribution in [0.3, 0.4) is 0 Å². The smallest absolute Gasteiger partial charge is 0.0651 e. The summed E-state index contributed by atoms with van der Waals surface area (Å²) in [6, 6.07) is 34.1. The van der Waals surface area contributed by atoms with Crippen molar-refractivity contribution < 1.29 is 0 Å². The Morgan fingerprint density at radius 3 is 1.29 bits per heavy atom. The third kappa shape index (κ3) is 3.94. The van der Waals surface area contributed by atoms with Gasteiger partial charge in [-0.15, -0.1) is 0 Å². The highest BCUT2D eigenvalue weighted by atomic mass is 31.2. The Balaban J connectivity index is 1.82. The molecule has 1 aliphatic carbocycles. The molecular formula is C27H32P+. The van der Waals surface area contributed by atoms with Crippen molar-refractivity contribution in [3.8, 4) is 0 Å². The zero-order chi connectivity index (χ0) is 19.2. The van der Waals surface area contributed by atoms with Crippen LogP contribution in [-0.4, -0.2) is 6.16 Å². The molecule has 0 aliphatic heterocycles. The molecule has 0 atom stereocenters. The first-order valence-corrected chi connectivity index (χ1v) is 12.8. The molecule has 0 saturated heterocycles. The summed E-state index contributed by atoms with van der Waals surface area (Å²) in [7, 11) is -1.65. The zero-order valence-electron chi connectivity index (χ0n) is 17.0. The summed E-state index contributed by atoms with van der Waals surface area (Å²) < 4.78 is 0. The monoisotopic (exact) mass is 387 g/mol. The second-order valence-corrected chi connectivity index (χ2v) is 11.8. The highest BCUT2D eigenvalue weighted by molar-refractivity contribution is 7.95. The third-order valence-electron chi connectivity index (χ3n) is 6.67. The fourth-order valence-corrected chi connectivity index (χ4v) is 9.73. The Morgan fingerprint density at radius 2 is 0.929 bits per heavy atom. The highest BCUT2D eigenvalue weighted by Gasteiger charge is 2.47. The van der Waals surface area contributed by atoms with Gasteiger partial charge in [-0.1, -0.05) is 80.8 Å². The van der Waals surface area contributed by atoms with Crippen LogP contribution in [0, 0.1) is 11.8 Å². The number of hydrogen-bond donors (Lipinski definition) is 0. The minimum atomic E-state index is -1.65. The lowest BCUT2D eigenvalue weighted by Crippen LogP contribution is -2.36. The summed E-state index contributed by atoms with van der Waals surface area (Å²) in [5, 5.41) is 4.60. The normalized spacial score (nSPS) is 20.0. The van der Waals surface area contributed by atoms with E-state index >= 15 is 0 Å². The van der Waals surface area contributed by atoms with E-state index in [4.69, 9.17) is 0 Å². The second-order valence-electron chi connectivity index (χ2n) is 8.29. The van der Waals surface area contributed by atoms with E-state index in [1.54, 1.807) is 0 Å². The van der Waals surface area contributed by atoms with E-state index in [0.29, 0.717) is 0 Å². The van der Waals surface area contributed by atoms with E-state index in [9.17, 15) is 0 Å². The fraction of sp³-hybridized carbons (Fsp3) is 0.333. The molecule has 1 heteroatoms. The molecular weight excluding hydrogens is 355 g/mol. The molecule has 0 N–H and O–H groups in total. The molecule has 1 saturated carbocycles. The minimum absolute atomic E-state index is 0.830. The van der Waals surface area contributed by atoms with E-state index in [2.05, 4.69) is 97.9 Å². The van der Waals surface area contributed by atoms with Gasteiger partial charge in [0.05, 0.1) is 6.16 Å². The number of rotatable bonds is 6. The van der Waals surface area contributed by atoms with Gasteiger partial charge < -0.3 is 0 Å². The van der Waals surface area contributed by atoms with Crippen molar-refractivity contribution in [2.75, 3.05) is 6.16 Å². The molecule has 0 unspecified atom stereocenters. The predicted molar refractivity (Wildman–Crippen MR) is 126 cm³/mol. The third-order valence-corrected chi connectivity index (χ3v) is 11.3. The molecule has 1 aliphatic rings. The van der Waals surface area contributed by atoms with Gasteiger partial charge in [-0.2, -0.15) is 0 Å². The lowest BCUT2D eigenvalue weighted by molar-refractivity contribution is 0.287. The van der Waals surface area contributed by atoms with Crippen molar-refractivity contribution in [1.82, 2.24) is 0 Å². The largest absolute Gasteiger partial charge is 0.112 e. The Hall–Kier alpha value is -1.91. The van der Waals surface area contributed by atoms with Crippen LogP contribution in [0.25, 0.3) is 0 Å². The second kappa shape index (κ2) is 9.06. The SMILES string of the molecule is CCC1CCC(C[P+](c2ccccc2)(c2ccccc2)c2ccccc2)CC1. The Morgan fingerprint density at radius 1 is 0.571 bits per heavy atom. The maximum atomic E-state index is 2.38. The first-order chi connectivity index (χ1) is 13.8. The van der Waals surface area contributed by atoms with Crippen LogP contribution in [0.1, 0.15) is 39.0 Å². The van der Waals surface area contributed by atoms with Crippen LogP contribution >= 0.6 is 7.26 Å². The quantitative estimate of drug-likeness (QED) is 0.442. The van der Waals surface area contributed by atoms with Crippen molar-refractivity contribution in [2.45, 2.75) is 39.0 Å². The van der Waals surface area contributed by atoms with Gasteiger partial charge in [0.25, 0.3) is 0 Å². The molecule has 0 nitrogen and oxygen atoms in total. The molecule has 0 aromatic heterocycles. The first kappa shape index (κ1) is 19.4. The van der Waals surface area contributed by atoms with E-state index in [1.165, 1.54) is 54.2 Å². The molecule has 0 heterocycles. The summed E-state index contributed by atoms with van der Waals surface area (Å²) in [5.74, 6) is 1.78. The topological polar surface area (TPSA) is 0 Å². The standard InChI is InChI=1S/C27H32P/c1-2-23-18-20-24(21-19-23)22-28(25-12-6-3-7-13-25,26-14-8-4-9-15-26)27-16-10-5-11-17-27/h3-17,23-24H,2,18-22H2,1H3/q+1. The summed E-state index contributed by atoms with van der Waals surface area (Å²) >= 11 is 0. The molecule has 28 heavy (non-hydrogen) atoms. The Kier molecular flexibility index (Phi) is 6.28. The van der Waals surface area contributed by atoms with E-state index in [0.717, 1.165) is 11.8 Å². The first-order valence-electron chi connectivity index (χ1n) is 10.9. The maximum absolute atomic E-state index is 2.38. The minimum Gasteiger partial charge on any atom is -0.0651 e. The van der Waals surface area contributed by atoms with Gasteiger partial charge in [-0.3, -0.25) is 0 Å². The van der Waals surface area contributed by atoms with Gasteiger partial charge in [-0.05, 0) is 61.1 Å².